The van der Waals surface area contributed by atoms with Crippen LogP contribution < -0.4 is 10.3 Å². The Morgan fingerprint density at radius 3 is 2.69 bits per heavy atom. The number of methoxy groups -OCH3 is 1. The molecule has 0 unspecified atom stereocenters. The number of aliphatic imine (C=N–C) groups is 1. The van der Waals surface area contributed by atoms with Gasteiger partial charge >= 0.3 is 0 Å². The number of aliphatic hydroxyl groups excluding tert-OH is 1. The number of aliphatic hydroxyl groups is 1. The Hall–Kier alpha value is -3.23. The SMILES string of the molecule is COc1ccc(-c2[nH]n(-c3nc4ccccc4s3)c(=O)c2C(C)=NCCO)cc1. The number of aromatic amines is 1. The smallest absolute Gasteiger partial charge is 0.283 e. The van der Waals surface area contributed by atoms with Crippen molar-refractivity contribution < 1.29 is 9.84 Å². The summed E-state index contributed by atoms with van der Waals surface area (Å²) < 4.78 is 7.69. The van der Waals surface area contributed by atoms with E-state index in [-0.39, 0.29) is 18.7 Å². The normalized spacial score (nSPS) is 11.9. The van der Waals surface area contributed by atoms with Crippen LogP contribution in [0.1, 0.15) is 12.5 Å². The van der Waals surface area contributed by atoms with E-state index in [1.807, 2.05) is 48.5 Å². The molecule has 0 saturated carbocycles. The second-order valence-electron chi connectivity index (χ2n) is 6.39. The standard InChI is InChI=1S/C21H20N4O3S/c1-13(22-11-12-26)18-19(14-7-9-15(28-2)10-8-14)24-25(20(18)27)21-23-16-5-3-4-6-17(16)29-21/h3-10,24,26H,11-12H2,1-2H3. The van der Waals surface area contributed by atoms with Gasteiger partial charge in [-0.15, -0.1) is 0 Å². The maximum atomic E-state index is 13.3. The van der Waals surface area contributed by atoms with Gasteiger partial charge in [-0.1, -0.05) is 23.5 Å². The molecule has 8 heteroatoms. The van der Waals surface area contributed by atoms with Crippen molar-refractivity contribution in [1.82, 2.24) is 14.8 Å². The molecule has 0 aliphatic rings. The minimum absolute atomic E-state index is 0.0777. The summed E-state index contributed by atoms with van der Waals surface area (Å²) in [5.41, 5.74) is 3.11. The third-order valence-corrected chi connectivity index (χ3v) is 5.58. The van der Waals surface area contributed by atoms with E-state index in [1.54, 1.807) is 14.0 Å². The van der Waals surface area contributed by atoms with Crippen molar-refractivity contribution >= 4 is 27.3 Å². The maximum Gasteiger partial charge on any atom is 0.283 e. The molecule has 29 heavy (non-hydrogen) atoms. The lowest BCUT2D eigenvalue weighted by Crippen LogP contribution is -2.19. The fourth-order valence-electron chi connectivity index (χ4n) is 3.13. The lowest BCUT2D eigenvalue weighted by atomic mass is 10.1. The molecule has 148 valence electrons. The zero-order valence-electron chi connectivity index (χ0n) is 16.0. The molecule has 0 aliphatic heterocycles. The molecule has 0 spiro atoms. The molecule has 0 saturated heterocycles. The van der Waals surface area contributed by atoms with Crippen molar-refractivity contribution in [3.8, 4) is 22.1 Å². The number of hydrogen-bond donors (Lipinski definition) is 2. The van der Waals surface area contributed by atoms with Crippen LogP contribution >= 0.6 is 11.3 Å². The van der Waals surface area contributed by atoms with E-state index >= 15 is 0 Å². The Labute approximate surface area is 170 Å². The van der Waals surface area contributed by atoms with E-state index in [2.05, 4.69) is 15.1 Å². The van der Waals surface area contributed by atoms with Gasteiger partial charge in [-0.05, 0) is 43.3 Å². The molecule has 2 aromatic carbocycles. The highest BCUT2D eigenvalue weighted by Gasteiger charge is 2.21. The van der Waals surface area contributed by atoms with Gasteiger partial charge in [0.05, 0.1) is 41.7 Å². The third kappa shape index (κ3) is 3.59. The van der Waals surface area contributed by atoms with Crippen molar-refractivity contribution in [1.29, 1.82) is 0 Å². The largest absolute Gasteiger partial charge is 0.497 e. The topological polar surface area (TPSA) is 92.5 Å². The lowest BCUT2D eigenvalue weighted by molar-refractivity contribution is 0.307. The molecular weight excluding hydrogens is 388 g/mol. The molecule has 4 rings (SSSR count). The van der Waals surface area contributed by atoms with Gasteiger partial charge in [0, 0.05) is 11.3 Å². The summed E-state index contributed by atoms with van der Waals surface area (Å²) in [6.45, 7) is 1.93. The number of benzene rings is 2. The van der Waals surface area contributed by atoms with Crippen molar-refractivity contribution in [2.75, 3.05) is 20.3 Å². The van der Waals surface area contributed by atoms with Crippen LogP contribution in [0.2, 0.25) is 0 Å². The molecule has 7 nitrogen and oxygen atoms in total. The van der Waals surface area contributed by atoms with E-state index in [0.29, 0.717) is 22.1 Å². The summed E-state index contributed by atoms with van der Waals surface area (Å²) in [6.07, 6.45) is 0. The average molecular weight is 408 g/mol. The number of para-hydroxylation sites is 1. The van der Waals surface area contributed by atoms with Gasteiger partial charge in [-0.2, -0.15) is 4.68 Å². The van der Waals surface area contributed by atoms with Crippen LogP contribution in [-0.2, 0) is 0 Å². The van der Waals surface area contributed by atoms with E-state index in [9.17, 15) is 4.79 Å². The molecule has 0 aliphatic carbocycles. The first-order valence-corrected chi connectivity index (χ1v) is 9.91. The monoisotopic (exact) mass is 408 g/mol. The van der Waals surface area contributed by atoms with E-state index < -0.39 is 0 Å². The Balaban J connectivity index is 1.91. The fourth-order valence-corrected chi connectivity index (χ4v) is 4.05. The van der Waals surface area contributed by atoms with Crippen molar-refractivity contribution in [3.63, 3.8) is 0 Å². The highest BCUT2D eigenvalue weighted by molar-refractivity contribution is 7.20. The van der Waals surface area contributed by atoms with E-state index in [4.69, 9.17) is 9.84 Å². The zero-order chi connectivity index (χ0) is 20.4. The second kappa shape index (κ2) is 8.02. The van der Waals surface area contributed by atoms with Gasteiger partial charge in [0.25, 0.3) is 5.56 Å². The number of nitrogens with zero attached hydrogens (tertiary/aromatic N) is 3. The van der Waals surface area contributed by atoms with Gasteiger partial charge in [0.15, 0.2) is 0 Å². The first-order chi connectivity index (χ1) is 14.1. The molecule has 0 amide bonds. The fraction of sp³-hybridized carbons (Fsp3) is 0.190. The molecule has 2 aromatic heterocycles. The van der Waals surface area contributed by atoms with Crippen LogP contribution in [0.5, 0.6) is 5.75 Å². The first kappa shape index (κ1) is 19.1. The number of aromatic nitrogens is 3. The Bertz CT molecular complexity index is 1200. The molecule has 0 fully saturated rings. The summed E-state index contributed by atoms with van der Waals surface area (Å²) in [5, 5.41) is 12.9. The summed E-state index contributed by atoms with van der Waals surface area (Å²) >= 11 is 1.44. The van der Waals surface area contributed by atoms with Crippen LogP contribution in [0.4, 0.5) is 0 Å². The van der Waals surface area contributed by atoms with Crippen LogP contribution in [0, 0.1) is 0 Å². The molecular formula is C21H20N4O3S. The quantitative estimate of drug-likeness (QED) is 0.479. The number of nitrogens with one attached hydrogen (secondary N) is 1. The number of ether oxygens (including phenoxy) is 1. The maximum absolute atomic E-state index is 13.3. The predicted octanol–water partition coefficient (Wildman–Crippen LogP) is 3.25. The predicted molar refractivity (Wildman–Crippen MR) is 116 cm³/mol. The summed E-state index contributed by atoms with van der Waals surface area (Å²) in [7, 11) is 1.61. The Morgan fingerprint density at radius 2 is 2.00 bits per heavy atom. The Kier molecular flexibility index (Phi) is 5.28. The minimum Gasteiger partial charge on any atom is -0.497 e. The van der Waals surface area contributed by atoms with Crippen LogP contribution in [0.25, 0.3) is 26.6 Å². The molecule has 0 atom stereocenters. The van der Waals surface area contributed by atoms with Crippen LogP contribution in [-0.4, -0.2) is 45.8 Å². The highest BCUT2D eigenvalue weighted by Crippen LogP contribution is 2.27. The summed E-state index contributed by atoms with van der Waals surface area (Å²) in [5.74, 6) is 0.730. The van der Waals surface area contributed by atoms with Crippen molar-refractivity contribution in [3.05, 3.63) is 64.4 Å². The number of fused-ring (bicyclic) bond motifs is 1. The number of hydrogen-bond acceptors (Lipinski definition) is 6. The Morgan fingerprint density at radius 1 is 1.24 bits per heavy atom. The number of thiazole rings is 1. The van der Waals surface area contributed by atoms with Gasteiger partial charge in [-0.25, -0.2) is 4.98 Å². The summed E-state index contributed by atoms with van der Waals surface area (Å²) in [4.78, 5) is 22.2. The molecule has 0 radical (unpaired) electrons. The number of rotatable bonds is 6. The molecule has 2 heterocycles. The third-order valence-electron chi connectivity index (χ3n) is 4.55. The van der Waals surface area contributed by atoms with Crippen LogP contribution in [0.15, 0.2) is 58.3 Å². The molecule has 0 bridgehead atoms. The molecule has 2 N–H and O–H groups in total. The molecule has 4 aromatic rings. The lowest BCUT2D eigenvalue weighted by Gasteiger charge is -2.04. The second-order valence-corrected chi connectivity index (χ2v) is 7.39. The van der Waals surface area contributed by atoms with Crippen LogP contribution in [0.3, 0.4) is 0 Å². The van der Waals surface area contributed by atoms with Crippen molar-refractivity contribution in [2.45, 2.75) is 6.92 Å². The van der Waals surface area contributed by atoms with Gasteiger partial charge in [0.1, 0.15) is 5.75 Å². The van der Waals surface area contributed by atoms with Gasteiger partial charge < -0.3 is 9.84 Å². The highest BCUT2D eigenvalue weighted by atomic mass is 32.1. The van der Waals surface area contributed by atoms with E-state index in [1.165, 1.54) is 16.0 Å². The summed E-state index contributed by atoms with van der Waals surface area (Å²) in [6, 6.07) is 15.2. The van der Waals surface area contributed by atoms with E-state index in [0.717, 1.165) is 21.5 Å². The van der Waals surface area contributed by atoms with Crippen molar-refractivity contribution in [2.24, 2.45) is 4.99 Å². The first-order valence-electron chi connectivity index (χ1n) is 9.10. The van der Waals surface area contributed by atoms with Gasteiger partial charge in [-0.3, -0.25) is 14.9 Å². The minimum atomic E-state index is -0.228. The zero-order valence-corrected chi connectivity index (χ0v) is 16.9. The average Bonchev–Trinajstić information content (AvgIpc) is 3.33. The number of H-pyrrole nitrogens is 1. The van der Waals surface area contributed by atoms with Gasteiger partial charge in [0.2, 0.25) is 5.13 Å².